The van der Waals surface area contributed by atoms with Crippen LogP contribution in [0.3, 0.4) is 0 Å². The van der Waals surface area contributed by atoms with Gasteiger partial charge in [0, 0.05) is 28.9 Å². The maximum Gasteiger partial charge on any atom is 0.255 e. The van der Waals surface area contributed by atoms with E-state index >= 15 is 0 Å². The zero-order valence-electron chi connectivity index (χ0n) is 14.6. The molecule has 0 radical (unpaired) electrons. The average molecular weight is 362 g/mol. The first-order chi connectivity index (χ1) is 12.0. The molecule has 0 aliphatic heterocycles. The second kappa shape index (κ2) is 9.39. The first-order valence-electron chi connectivity index (χ1n) is 8.35. The third kappa shape index (κ3) is 6.03. The first-order valence-corrected chi connectivity index (χ1v) is 8.73. The zero-order valence-corrected chi connectivity index (χ0v) is 15.3. The lowest BCUT2D eigenvalue weighted by Crippen LogP contribution is -2.34. The monoisotopic (exact) mass is 361 g/mol. The topological polar surface area (TPSA) is 77.2 Å². The number of carbonyl (C=O) groups excluding carboxylic acids is 1. The van der Waals surface area contributed by atoms with E-state index in [4.69, 9.17) is 22.1 Å². The van der Waals surface area contributed by atoms with Crippen LogP contribution in [0.1, 0.15) is 35.1 Å². The third-order valence-electron chi connectivity index (χ3n) is 3.63. The quantitative estimate of drug-likeness (QED) is 0.708. The van der Waals surface area contributed by atoms with Gasteiger partial charge in [0.2, 0.25) is 0 Å². The van der Waals surface area contributed by atoms with E-state index in [1.165, 1.54) is 0 Å². The van der Waals surface area contributed by atoms with Crippen molar-refractivity contribution in [2.75, 3.05) is 13.2 Å². The molecule has 1 heterocycles. The van der Waals surface area contributed by atoms with Crippen molar-refractivity contribution < 1.29 is 9.53 Å². The molecule has 1 aromatic heterocycles. The zero-order chi connectivity index (χ0) is 18.2. The van der Waals surface area contributed by atoms with Crippen LogP contribution in [0.5, 0.6) is 5.75 Å². The van der Waals surface area contributed by atoms with E-state index in [1.54, 1.807) is 18.2 Å². The maximum absolute atomic E-state index is 12.6. The molecule has 2 aromatic rings. The van der Waals surface area contributed by atoms with E-state index in [0.29, 0.717) is 42.3 Å². The number of amides is 1. The Morgan fingerprint density at radius 2 is 2.16 bits per heavy atom. The summed E-state index contributed by atoms with van der Waals surface area (Å²) in [7, 11) is 0. The number of ether oxygens (including phenoxy) is 1. The van der Waals surface area contributed by atoms with Crippen LogP contribution in [0.4, 0.5) is 0 Å². The summed E-state index contributed by atoms with van der Waals surface area (Å²) in [6, 6.07) is 10.8. The Labute approximate surface area is 153 Å². The highest BCUT2D eigenvalue weighted by Gasteiger charge is 2.16. The standard InChI is InChI=1S/C19H24ClN3O2/c1-13-5-3-6-16(22-13)11-14(2)23-19(24)17-8-7-15(20)12-18(17)25-10-4-9-21/h3,5-8,12,14H,4,9-11,21H2,1-2H3,(H,23,24). The molecular formula is C19H24ClN3O2. The number of nitrogens with two attached hydrogens (primary N) is 1. The highest BCUT2D eigenvalue weighted by molar-refractivity contribution is 6.30. The van der Waals surface area contributed by atoms with Crippen molar-refractivity contribution >= 4 is 17.5 Å². The molecule has 5 nitrogen and oxygen atoms in total. The number of halogens is 1. The summed E-state index contributed by atoms with van der Waals surface area (Å²) >= 11 is 6.02. The largest absolute Gasteiger partial charge is 0.493 e. The van der Waals surface area contributed by atoms with Crippen molar-refractivity contribution in [3.8, 4) is 5.75 Å². The Bertz CT molecular complexity index is 722. The van der Waals surface area contributed by atoms with Gasteiger partial charge in [-0.1, -0.05) is 17.7 Å². The maximum atomic E-state index is 12.6. The van der Waals surface area contributed by atoms with Gasteiger partial charge in [-0.15, -0.1) is 0 Å². The molecule has 0 saturated carbocycles. The molecule has 134 valence electrons. The van der Waals surface area contributed by atoms with E-state index in [0.717, 1.165) is 11.4 Å². The number of rotatable bonds is 8. The summed E-state index contributed by atoms with van der Waals surface area (Å²) in [6.45, 7) is 4.88. The number of pyridine rings is 1. The lowest BCUT2D eigenvalue weighted by molar-refractivity contribution is 0.0936. The number of carbonyl (C=O) groups is 1. The number of nitrogens with one attached hydrogen (secondary N) is 1. The van der Waals surface area contributed by atoms with Crippen molar-refractivity contribution in [3.63, 3.8) is 0 Å². The average Bonchev–Trinajstić information content (AvgIpc) is 2.55. The van der Waals surface area contributed by atoms with E-state index in [9.17, 15) is 4.79 Å². The first kappa shape index (κ1) is 19.2. The van der Waals surface area contributed by atoms with Crippen LogP contribution in [-0.4, -0.2) is 30.1 Å². The Kier molecular flexibility index (Phi) is 7.22. The number of benzene rings is 1. The molecule has 6 heteroatoms. The summed E-state index contributed by atoms with van der Waals surface area (Å²) in [5.41, 5.74) is 7.85. The Morgan fingerprint density at radius 3 is 2.88 bits per heavy atom. The normalized spacial score (nSPS) is 11.8. The number of hydrogen-bond donors (Lipinski definition) is 2. The molecule has 1 atom stereocenters. The Hall–Kier alpha value is -2.11. The van der Waals surface area contributed by atoms with Crippen LogP contribution in [0.25, 0.3) is 0 Å². The molecule has 0 aliphatic carbocycles. The summed E-state index contributed by atoms with van der Waals surface area (Å²) in [5.74, 6) is 0.277. The minimum atomic E-state index is -0.195. The number of nitrogens with zero attached hydrogens (tertiary/aromatic N) is 1. The molecule has 25 heavy (non-hydrogen) atoms. The predicted molar refractivity (Wildman–Crippen MR) is 100 cm³/mol. The summed E-state index contributed by atoms with van der Waals surface area (Å²) in [4.78, 5) is 17.1. The number of aryl methyl sites for hydroxylation is 1. The fourth-order valence-corrected chi connectivity index (χ4v) is 2.61. The Balaban J connectivity index is 2.04. The van der Waals surface area contributed by atoms with Crippen LogP contribution in [-0.2, 0) is 6.42 Å². The van der Waals surface area contributed by atoms with Gasteiger partial charge in [0.1, 0.15) is 5.75 Å². The van der Waals surface area contributed by atoms with Gasteiger partial charge in [0.25, 0.3) is 5.91 Å². The fraction of sp³-hybridized carbons (Fsp3) is 0.368. The molecular weight excluding hydrogens is 338 g/mol. The molecule has 1 unspecified atom stereocenters. The van der Waals surface area contributed by atoms with Gasteiger partial charge < -0.3 is 15.8 Å². The van der Waals surface area contributed by atoms with Gasteiger partial charge in [-0.3, -0.25) is 9.78 Å². The van der Waals surface area contributed by atoms with Crippen molar-refractivity contribution in [3.05, 3.63) is 58.4 Å². The van der Waals surface area contributed by atoms with Gasteiger partial charge in [0.15, 0.2) is 0 Å². The van der Waals surface area contributed by atoms with E-state index < -0.39 is 0 Å². The summed E-state index contributed by atoms with van der Waals surface area (Å²) < 4.78 is 5.66. The number of aromatic nitrogens is 1. The van der Waals surface area contributed by atoms with Gasteiger partial charge in [-0.25, -0.2) is 0 Å². The molecule has 0 bridgehead atoms. The van der Waals surface area contributed by atoms with Gasteiger partial charge in [-0.2, -0.15) is 0 Å². The number of hydrogen-bond acceptors (Lipinski definition) is 4. The van der Waals surface area contributed by atoms with Crippen molar-refractivity contribution in [2.24, 2.45) is 5.73 Å². The SMILES string of the molecule is Cc1cccc(CC(C)NC(=O)c2ccc(Cl)cc2OCCCN)n1. The van der Waals surface area contributed by atoms with Gasteiger partial charge in [-0.05, 0) is 57.1 Å². The van der Waals surface area contributed by atoms with Crippen LogP contribution in [0.15, 0.2) is 36.4 Å². The molecule has 0 fully saturated rings. The molecule has 3 N–H and O–H groups in total. The second-order valence-electron chi connectivity index (χ2n) is 5.98. The van der Waals surface area contributed by atoms with Crippen LogP contribution in [0.2, 0.25) is 5.02 Å². The van der Waals surface area contributed by atoms with E-state index in [1.807, 2.05) is 32.0 Å². The van der Waals surface area contributed by atoms with Crippen molar-refractivity contribution in [1.82, 2.24) is 10.3 Å². The molecule has 0 aliphatic rings. The van der Waals surface area contributed by atoms with Crippen molar-refractivity contribution in [2.45, 2.75) is 32.7 Å². The van der Waals surface area contributed by atoms with E-state index in [2.05, 4.69) is 10.3 Å². The Morgan fingerprint density at radius 1 is 1.36 bits per heavy atom. The van der Waals surface area contributed by atoms with Crippen LogP contribution < -0.4 is 15.8 Å². The van der Waals surface area contributed by atoms with Crippen LogP contribution in [0, 0.1) is 6.92 Å². The second-order valence-corrected chi connectivity index (χ2v) is 6.42. The minimum Gasteiger partial charge on any atom is -0.493 e. The molecule has 1 aromatic carbocycles. The highest BCUT2D eigenvalue weighted by Crippen LogP contribution is 2.24. The van der Waals surface area contributed by atoms with E-state index in [-0.39, 0.29) is 11.9 Å². The fourth-order valence-electron chi connectivity index (χ4n) is 2.45. The van der Waals surface area contributed by atoms with Crippen LogP contribution >= 0.6 is 11.6 Å². The summed E-state index contributed by atoms with van der Waals surface area (Å²) in [6.07, 6.45) is 1.37. The van der Waals surface area contributed by atoms with Gasteiger partial charge >= 0.3 is 0 Å². The van der Waals surface area contributed by atoms with Gasteiger partial charge in [0.05, 0.1) is 12.2 Å². The molecule has 2 rings (SSSR count). The lowest BCUT2D eigenvalue weighted by atomic mass is 10.1. The molecule has 0 spiro atoms. The minimum absolute atomic E-state index is 0.0608. The predicted octanol–water partition coefficient (Wildman–Crippen LogP) is 3.13. The lowest BCUT2D eigenvalue weighted by Gasteiger charge is -2.16. The smallest absolute Gasteiger partial charge is 0.255 e. The van der Waals surface area contributed by atoms with Crippen molar-refractivity contribution in [1.29, 1.82) is 0 Å². The third-order valence-corrected chi connectivity index (χ3v) is 3.87. The highest BCUT2D eigenvalue weighted by atomic mass is 35.5. The molecule has 0 saturated heterocycles. The molecule has 1 amide bonds. The summed E-state index contributed by atoms with van der Waals surface area (Å²) in [5, 5.41) is 3.51.